The zero-order chi connectivity index (χ0) is 16.0. The van der Waals surface area contributed by atoms with E-state index in [2.05, 4.69) is 5.32 Å². The molecule has 0 saturated heterocycles. The van der Waals surface area contributed by atoms with Crippen molar-refractivity contribution in [2.24, 2.45) is 0 Å². The smallest absolute Gasteiger partial charge is 0.327 e. The molecule has 0 aromatic heterocycles. The molecule has 7 nitrogen and oxygen atoms in total. The summed E-state index contributed by atoms with van der Waals surface area (Å²) in [5.41, 5.74) is 0.336. The van der Waals surface area contributed by atoms with Crippen molar-refractivity contribution < 1.29 is 19.6 Å². The number of halogens is 1. The number of benzene rings is 1. The highest BCUT2D eigenvalue weighted by Gasteiger charge is 2.19. The van der Waals surface area contributed by atoms with E-state index in [1.807, 2.05) is 0 Å². The highest BCUT2D eigenvalue weighted by molar-refractivity contribution is 7.98. The van der Waals surface area contributed by atoms with Crippen molar-refractivity contribution in [3.63, 3.8) is 0 Å². The summed E-state index contributed by atoms with van der Waals surface area (Å²) in [6.07, 6.45) is 0. The number of carboxylic acid groups (broad SMARTS) is 1. The van der Waals surface area contributed by atoms with Crippen molar-refractivity contribution >= 4 is 40.9 Å². The highest BCUT2D eigenvalue weighted by atomic mass is 35.5. The van der Waals surface area contributed by atoms with Crippen LogP contribution in [-0.4, -0.2) is 33.7 Å². The zero-order valence-corrected chi connectivity index (χ0v) is 12.6. The first-order valence-electron chi connectivity index (χ1n) is 5.81. The molecule has 0 heterocycles. The summed E-state index contributed by atoms with van der Waals surface area (Å²) in [5.74, 6) is -1.24. The predicted octanol–water partition coefficient (Wildman–Crippen LogP) is 2.07. The highest BCUT2D eigenvalue weighted by Crippen LogP contribution is 2.26. The zero-order valence-electron chi connectivity index (χ0n) is 11.0. The molecule has 1 atom stereocenters. The molecule has 0 spiro atoms. The predicted molar refractivity (Wildman–Crippen MR) is 79.5 cm³/mol. The van der Waals surface area contributed by atoms with Gasteiger partial charge in [0, 0.05) is 35.1 Å². The Morgan fingerprint density at radius 3 is 2.71 bits per heavy atom. The van der Waals surface area contributed by atoms with Gasteiger partial charge < -0.3 is 10.4 Å². The number of carbonyl (C=O) groups excluding carboxylic acids is 1. The number of amides is 1. The molecule has 0 aliphatic carbocycles. The number of aliphatic carboxylic acids is 1. The Hall–Kier alpha value is -1.80. The normalized spacial score (nSPS) is 11.7. The van der Waals surface area contributed by atoms with E-state index < -0.39 is 22.8 Å². The molecule has 0 aliphatic rings. The van der Waals surface area contributed by atoms with Crippen LogP contribution in [0.25, 0.3) is 0 Å². The van der Waals surface area contributed by atoms with Crippen LogP contribution in [0.1, 0.15) is 12.5 Å². The van der Waals surface area contributed by atoms with Crippen LogP contribution < -0.4 is 5.32 Å². The molecule has 0 unspecified atom stereocenters. The van der Waals surface area contributed by atoms with Crippen LogP contribution in [0.5, 0.6) is 0 Å². The molecule has 0 radical (unpaired) electrons. The molecular formula is C12H13ClN2O5S. The lowest BCUT2D eigenvalue weighted by Crippen LogP contribution is -2.41. The number of rotatable bonds is 7. The van der Waals surface area contributed by atoms with E-state index >= 15 is 0 Å². The topological polar surface area (TPSA) is 110 Å². The van der Waals surface area contributed by atoms with Crippen molar-refractivity contribution in [1.29, 1.82) is 0 Å². The minimum Gasteiger partial charge on any atom is -0.480 e. The minimum atomic E-state index is -1.15. The number of carboxylic acids is 1. The summed E-state index contributed by atoms with van der Waals surface area (Å²) in [5, 5.41) is 22.4. The lowest BCUT2D eigenvalue weighted by molar-refractivity contribution is -0.385. The molecule has 1 aromatic rings. The first-order valence-corrected chi connectivity index (χ1v) is 7.35. The van der Waals surface area contributed by atoms with E-state index in [9.17, 15) is 19.7 Å². The standard InChI is InChI=1S/C12H13ClN2O5S/c1-7(16)14-10(12(17)18)6-21-5-8-2-3-9(13)4-11(8)15(19)20/h2-4,10H,5-6H2,1H3,(H,14,16)(H,17,18)/t10-/m0/s1. The Kier molecular flexibility index (Phi) is 6.44. The van der Waals surface area contributed by atoms with Crippen LogP contribution in [-0.2, 0) is 15.3 Å². The molecule has 21 heavy (non-hydrogen) atoms. The van der Waals surface area contributed by atoms with E-state index in [-0.39, 0.29) is 22.2 Å². The third kappa shape index (κ3) is 5.60. The van der Waals surface area contributed by atoms with E-state index in [1.54, 1.807) is 0 Å². The van der Waals surface area contributed by atoms with Gasteiger partial charge in [-0.2, -0.15) is 11.8 Å². The fraction of sp³-hybridized carbons (Fsp3) is 0.333. The molecule has 1 amide bonds. The number of nitro benzene ring substituents is 1. The van der Waals surface area contributed by atoms with Gasteiger partial charge in [0.15, 0.2) is 0 Å². The average Bonchev–Trinajstić information content (AvgIpc) is 2.38. The van der Waals surface area contributed by atoms with Gasteiger partial charge in [0.2, 0.25) is 5.91 Å². The molecule has 0 saturated carbocycles. The maximum absolute atomic E-state index is 10.9. The van der Waals surface area contributed by atoms with Crippen LogP contribution in [0.2, 0.25) is 5.02 Å². The first kappa shape index (κ1) is 17.3. The van der Waals surface area contributed by atoms with Crippen LogP contribution in [0.15, 0.2) is 18.2 Å². The van der Waals surface area contributed by atoms with Crippen molar-refractivity contribution in [2.45, 2.75) is 18.7 Å². The van der Waals surface area contributed by atoms with Crippen molar-refractivity contribution in [3.05, 3.63) is 38.9 Å². The quantitative estimate of drug-likeness (QED) is 0.584. The number of nitrogens with zero attached hydrogens (tertiary/aromatic N) is 1. The van der Waals surface area contributed by atoms with Gasteiger partial charge in [-0.15, -0.1) is 0 Å². The van der Waals surface area contributed by atoms with Crippen LogP contribution in [0.4, 0.5) is 5.69 Å². The third-order valence-electron chi connectivity index (χ3n) is 2.46. The Morgan fingerprint density at radius 2 is 2.19 bits per heavy atom. The number of nitro groups is 1. The Bertz CT molecular complexity index is 567. The number of thioether (sulfide) groups is 1. The molecule has 0 fully saturated rings. The van der Waals surface area contributed by atoms with Gasteiger partial charge in [-0.3, -0.25) is 14.9 Å². The number of hydrogen-bond acceptors (Lipinski definition) is 5. The third-order valence-corrected chi connectivity index (χ3v) is 3.78. The molecular weight excluding hydrogens is 320 g/mol. The second kappa shape index (κ2) is 7.84. The summed E-state index contributed by atoms with van der Waals surface area (Å²) in [6.45, 7) is 1.23. The Balaban J connectivity index is 2.69. The van der Waals surface area contributed by atoms with Gasteiger partial charge in [-0.1, -0.05) is 11.6 Å². The first-order chi connectivity index (χ1) is 9.81. The Labute approximate surface area is 129 Å². The van der Waals surface area contributed by atoms with Gasteiger partial charge in [-0.25, -0.2) is 4.79 Å². The van der Waals surface area contributed by atoms with E-state index in [1.165, 1.54) is 36.9 Å². The largest absolute Gasteiger partial charge is 0.480 e. The van der Waals surface area contributed by atoms with Crippen molar-refractivity contribution in [1.82, 2.24) is 5.32 Å². The fourth-order valence-corrected chi connectivity index (χ4v) is 2.75. The van der Waals surface area contributed by atoms with Gasteiger partial charge >= 0.3 is 5.97 Å². The van der Waals surface area contributed by atoms with Crippen LogP contribution in [0, 0.1) is 10.1 Å². The van der Waals surface area contributed by atoms with Gasteiger partial charge in [0.05, 0.1) is 4.92 Å². The van der Waals surface area contributed by atoms with Crippen molar-refractivity contribution in [2.75, 3.05) is 5.75 Å². The number of hydrogen-bond donors (Lipinski definition) is 2. The van der Waals surface area contributed by atoms with Crippen molar-refractivity contribution in [3.8, 4) is 0 Å². The van der Waals surface area contributed by atoms with Crippen LogP contribution in [0.3, 0.4) is 0 Å². The monoisotopic (exact) mass is 332 g/mol. The molecule has 2 N–H and O–H groups in total. The molecule has 114 valence electrons. The minimum absolute atomic E-state index is 0.106. The number of carbonyl (C=O) groups is 2. The second-order valence-electron chi connectivity index (χ2n) is 4.14. The molecule has 9 heteroatoms. The number of nitrogens with one attached hydrogen (secondary N) is 1. The van der Waals surface area contributed by atoms with E-state index in [0.717, 1.165) is 0 Å². The lowest BCUT2D eigenvalue weighted by atomic mass is 10.2. The van der Waals surface area contributed by atoms with Gasteiger partial charge in [0.1, 0.15) is 6.04 Å². The SMILES string of the molecule is CC(=O)N[C@@H](CSCc1ccc(Cl)cc1[N+](=O)[O-])C(=O)O. The maximum atomic E-state index is 10.9. The molecule has 0 bridgehead atoms. The second-order valence-corrected chi connectivity index (χ2v) is 5.60. The fourth-order valence-electron chi connectivity index (χ4n) is 1.54. The van der Waals surface area contributed by atoms with E-state index in [0.29, 0.717) is 5.56 Å². The van der Waals surface area contributed by atoms with Gasteiger partial charge in [-0.05, 0) is 12.1 Å². The van der Waals surface area contributed by atoms with Gasteiger partial charge in [0.25, 0.3) is 5.69 Å². The van der Waals surface area contributed by atoms with E-state index in [4.69, 9.17) is 16.7 Å². The summed E-state index contributed by atoms with van der Waals surface area (Å²) in [4.78, 5) is 32.2. The Morgan fingerprint density at radius 1 is 1.52 bits per heavy atom. The summed E-state index contributed by atoms with van der Waals surface area (Å²) in [6, 6.07) is 3.29. The lowest BCUT2D eigenvalue weighted by Gasteiger charge is -2.12. The summed E-state index contributed by atoms with van der Waals surface area (Å²) >= 11 is 6.89. The average molecular weight is 333 g/mol. The molecule has 1 rings (SSSR count). The molecule has 0 aliphatic heterocycles. The summed E-state index contributed by atoms with van der Waals surface area (Å²) in [7, 11) is 0. The molecule has 1 aromatic carbocycles. The maximum Gasteiger partial charge on any atom is 0.327 e. The summed E-state index contributed by atoms with van der Waals surface area (Å²) < 4.78 is 0. The van der Waals surface area contributed by atoms with Crippen LogP contribution >= 0.6 is 23.4 Å².